The van der Waals surface area contributed by atoms with Gasteiger partial charge in [0.2, 0.25) is 17.7 Å². The zero-order valence-electron chi connectivity index (χ0n) is 16.7. The molecule has 1 aliphatic carbocycles. The lowest BCUT2D eigenvalue weighted by molar-refractivity contribution is -0.143. The van der Waals surface area contributed by atoms with E-state index in [1.807, 2.05) is 4.90 Å². The van der Waals surface area contributed by atoms with Crippen LogP contribution in [-0.4, -0.2) is 60.4 Å². The van der Waals surface area contributed by atoms with Crippen molar-refractivity contribution in [2.24, 2.45) is 5.92 Å². The maximum Gasteiger partial charge on any atom is 0.241 e. The molecule has 3 amide bonds. The third kappa shape index (κ3) is 3.45. The molecule has 2 saturated heterocycles. The predicted molar refractivity (Wildman–Crippen MR) is 103 cm³/mol. The molecule has 156 valence electrons. The van der Waals surface area contributed by atoms with Gasteiger partial charge in [-0.1, -0.05) is 24.6 Å². The molecule has 3 fully saturated rings. The summed E-state index contributed by atoms with van der Waals surface area (Å²) in [5, 5.41) is 0. The van der Waals surface area contributed by atoms with Crippen LogP contribution in [-0.2, 0) is 24.5 Å². The summed E-state index contributed by atoms with van der Waals surface area (Å²) in [7, 11) is 1.49. The number of fused-ring (bicyclic) bond motifs is 2. The van der Waals surface area contributed by atoms with Crippen molar-refractivity contribution in [3.8, 4) is 0 Å². The van der Waals surface area contributed by atoms with Crippen LogP contribution < -0.4 is 0 Å². The molecule has 2 bridgehead atoms. The highest BCUT2D eigenvalue weighted by Crippen LogP contribution is 2.43. The summed E-state index contributed by atoms with van der Waals surface area (Å²) in [6.07, 6.45) is 3.85. The molecule has 7 heteroatoms. The molecule has 1 aromatic carbocycles. The molecule has 0 radical (unpaired) electrons. The fourth-order valence-electron chi connectivity index (χ4n) is 5.31. The second kappa shape index (κ2) is 7.86. The van der Waals surface area contributed by atoms with Crippen molar-refractivity contribution in [3.05, 3.63) is 35.6 Å². The minimum Gasteiger partial charge on any atom is -0.383 e. The first kappa shape index (κ1) is 20.0. The topological polar surface area (TPSA) is 66.9 Å². The molecule has 1 saturated carbocycles. The zero-order chi connectivity index (χ0) is 20.6. The number of halogens is 1. The van der Waals surface area contributed by atoms with Crippen LogP contribution in [0.2, 0.25) is 0 Å². The van der Waals surface area contributed by atoms with Gasteiger partial charge in [0.15, 0.2) is 0 Å². The summed E-state index contributed by atoms with van der Waals surface area (Å²) < 4.78 is 19.8. The highest BCUT2D eigenvalue weighted by atomic mass is 19.1. The average Bonchev–Trinajstić information content (AvgIpc) is 3.13. The first-order valence-electron chi connectivity index (χ1n) is 10.3. The Morgan fingerprint density at radius 2 is 2.07 bits per heavy atom. The summed E-state index contributed by atoms with van der Waals surface area (Å²) in [6.45, 7) is 1.01. The average molecular weight is 402 g/mol. The van der Waals surface area contributed by atoms with Gasteiger partial charge in [0.1, 0.15) is 5.82 Å². The molecule has 3 aliphatic rings. The molecule has 1 aromatic rings. The lowest BCUT2D eigenvalue weighted by atomic mass is 9.75. The molecule has 2 heterocycles. The minimum absolute atomic E-state index is 0.104. The number of hydrogen-bond donors (Lipinski definition) is 0. The Balaban J connectivity index is 1.67. The Kier molecular flexibility index (Phi) is 5.42. The Bertz CT molecular complexity index is 829. The van der Waals surface area contributed by atoms with Crippen molar-refractivity contribution < 1.29 is 23.5 Å². The smallest absolute Gasteiger partial charge is 0.241 e. The number of carbonyl (C=O) groups is 3. The van der Waals surface area contributed by atoms with Crippen LogP contribution in [0.15, 0.2) is 24.3 Å². The largest absolute Gasteiger partial charge is 0.383 e. The van der Waals surface area contributed by atoms with Gasteiger partial charge in [-0.2, -0.15) is 0 Å². The molecule has 0 unspecified atom stereocenters. The van der Waals surface area contributed by atoms with E-state index in [0.29, 0.717) is 12.5 Å². The van der Waals surface area contributed by atoms with Gasteiger partial charge in [-0.3, -0.25) is 19.3 Å². The van der Waals surface area contributed by atoms with E-state index >= 15 is 0 Å². The number of hydrogen-bond acceptors (Lipinski definition) is 4. The second-order valence-corrected chi connectivity index (χ2v) is 8.49. The molecular formula is C22H27FN2O4. The van der Waals surface area contributed by atoms with Crippen LogP contribution in [0.1, 0.15) is 44.1 Å². The first-order chi connectivity index (χ1) is 14.0. The van der Waals surface area contributed by atoms with Crippen LogP contribution in [0.4, 0.5) is 4.39 Å². The molecule has 4 rings (SSSR count). The third-order valence-electron chi connectivity index (χ3n) is 6.74. The van der Waals surface area contributed by atoms with E-state index in [1.165, 1.54) is 19.2 Å². The standard InChI is InChI=1S/C22H27FN2O4/c1-29-10-9-24-19(26)12-22(21(24)28,17-7-2-3-8-18(17)23)13-20(27)25-14-15-5-4-6-16(25)11-15/h2-3,7-8,15-16H,4-6,9-14H2,1H3/t15-,16+,22-/m0/s1. The molecule has 0 N–H and O–H groups in total. The summed E-state index contributed by atoms with van der Waals surface area (Å²) >= 11 is 0. The van der Waals surface area contributed by atoms with Crippen molar-refractivity contribution >= 4 is 17.7 Å². The second-order valence-electron chi connectivity index (χ2n) is 8.49. The number of benzene rings is 1. The molecular weight excluding hydrogens is 375 g/mol. The fraction of sp³-hybridized carbons (Fsp3) is 0.591. The van der Waals surface area contributed by atoms with Crippen molar-refractivity contribution in [2.75, 3.05) is 26.8 Å². The van der Waals surface area contributed by atoms with Gasteiger partial charge in [-0.15, -0.1) is 0 Å². The Labute approximate surface area is 170 Å². The predicted octanol–water partition coefficient (Wildman–Crippen LogP) is 2.26. The summed E-state index contributed by atoms with van der Waals surface area (Å²) in [5.74, 6) is -1.09. The van der Waals surface area contributed by atoms with Gasteiger partial charge in [0, 0.05) is 38.1 Å². The monoisotopic (exact) mass is 402 g/mol. The summed E-state index contributed by atoms with van der Waals surface area (Å²) in [4.78, 5) is 42.4. The molecule has 6 nitrogen and oxygen atoms in total. The maximum atomic E-state index is 14.8. The number of amides is 3. The van der Waals surface area contributed by atoms with Gasteiger partial charge >= 0.3 is 0 Å². The van der Waals surface area contributed by atoms with Crippen molar-refractivity contribution in [1.29, 1.82) is 0 Å². The molecule has 0 aromatic heterocycles. The Hall–Kier alpha value is -2.28. The first-order valence-corrected chi connectivity index (χ1v) is 10.3. The van der Waals surface area contributed by atoms with Gasteiger partial charge in [0.25, 0.3) is 0 Å². The molecule has 29 heavy (non-hydrogen) atoms. The van der Waals surface area contributed by atoms with E-state index in [9.17, 15) is 18.8 Å². The highest BCUT2D eigenvalue weighted by Gasteiger charge is 2.55. The van der Waals surface area contributed by atoms with E-state index in [-0.39, 0.29) is 49.4 Å². The van der Waals surface area contributed by atoms with Crippen molar-refractivity contribution in [3.63, 3.8) is 0 Å². The number of rotatable bonds is 6. The van der Waals surface area contributed by atoms with Crippen LogP contribution in [0.5, 0.6) is 0 Å². The van der Waals surface area contributed by atoms with E-state index in [2.05, 4.69) is 0 Å². The van der Waals surface area contributed by atoms with E-state index in [1.54, 1.807) is 12.1 Å². The normalized spacial score (nSPS) is 29.0. The van der Waals surface area contributed by atoms with E-state index in [0.717, 1.165) is 30.6 Å². The van der Waals surface area contributed by atoms with Crippen LogP contribution in [0, 0.1) is 11.7 Å². The highest BCUT2D eigenvalue weighted by molar-refractivity contribution is 6.10. The maximum absolute atomic E-state index is 14.8. The molecule has 3 atom stereocenters. The summed E-state index contributed by atoms with van der Waals surface area (Å²) in [5.41, 5.74) is -1.35. The van der Waals surface area contributed by atoms with Gasteiger partial charge in [-0.05, 0) is 31.2 Å². The van der Waals surface area contributed by atoms with E-state index in [4.69, 9.17) is 4.74 Å². The molecule has 0 spiro atoms. The number of imide groups is 1. The van der Waals surface area contributed by atoms with Crippen molar-refractivity contribution in [2.45, 2.75) is 50.0 Å². The number of nitrogens with zero attached hydrogens (tertiary/aromatic N) is 2. The number of carbonyl (C=O) groups excluding carboxylic acids is 3. The minimum atomic E-state index is -1.48. The SMILES string of the molecule is COCCN1C(=O)C[C@](CC(=O)N2C[C@H]3CCC[C@@H]2C3)(c2ccccc2F)C1=O. The Morgan fingerprint density at radius 3 is 2.79 bits per heavy atom. The van der Waals surface area contributed by atoms with Gasteiger partial charge < -0.3 is 9.64 Å². The van der Waals surface area contributed by atoms with Crippen LogP contribution in [0.25, 0.3) is 0 Å². The lowest BCUT2D eigenvalue weighted by Crippen LogP contribution is -2.45. The zero-order valence-corrected chi connectivity index (χ0v) is 16.7. The van der Waals surface area contributed by atoms with E-state index < -0.39 is 17.1 Å². The van der Waals surface area contributed by atoms with Crippen molar-refractivity contribution in [1.82, 2.24) is 9.80 Å². The fourth-order valence-corrected chi connectivity index (χ4v) is 5.31. The van der Waals surface area contributed by atoms with Gasteiger partial charge in [-0.25, -0.2) is 4.39 Å². The van der Waals surface area contributed by atoms with Crippen LogP contribution >= 0.6 is 0 Å². The number of likely N-dealkylation sites (tertiary alicyclic amines) is 2. The lowest BCUT2D eigenvalue weighted by Gasteiger charge is -2.31. The number of methoxy groups -OCH3 is 1. The molecule has 2 aliphatic heterocycles. The summed E-state index contributed by atoms with van der Waals surface area (Å²) in [6, 6.07) is 6.19. The number of ether oxygens (including phenoxy) is 1. The third-order valence-corrected chi connectivity index (χ3v) is 6.74. The van der Waals surface area contributed by atoms with Crippen LogP contribution in [0.3, 0.4) is 0 Å². The Morgan fingerprint density at radius 1 is 1.28 bits per heavy atom. The van der Waals surface area contributed by atoms with Gasteiger partial charge in [0.05, 0.1) is 18.6 Å². The quantitative estimate of drug-likeness (QED) is 0.685.